The van der Waals surface area contributed by atoms with Gasteiger partial charge in [-0.1, -0.05) is 103 Å². The molecule has 2 aromatic heterocycles. The fourth-order valence-corrected chi connectivity index (χ4v) is 7.21. The van der Waals surface area contributed by atoms with Gasteiger partial charge >= 0.3 is 0 Å². The van der Waals surface area contributed by atoms with Gasteiger partial charge < -0.3 is 13.7 Å². The Morgan fingerprint density at radius 1 is 0.340 bits per heavy atom. The molecular weight excluding hydrogens is 574 g/mol. The minimum atomic E-state index is 0.865. The summed E-state index contributed by atoms with van der Waals surface area (Å²) in [6.45, 7) is 0. The Morgan fingerprint density at radius 2 is 1.00 bits per heavy atom. The number of furan rings is 2. The number of hydrogen-bond donors (Lipinski definition) is 0. The van der Waals surface area contributed by atoms with Crippen LogP contribution in [-0.4, -0.2) is 0 Å². The molecule has 220 valence electrons. The van der Waals surface area contributed by atoms with Crippen LogP contribution in [0.4, 0.5) is 17.1 Å². The summed E-state index contributed by atoms with van der Waals surface area (Å²) in [4.78, 5) is 2.33. The first-order chi connectivity index (χ1) is 23.3. The average molecular weight is 602 g/mol. The Bertz CT molecular complexity index is 2810. The van der Waals surface area contributed by atoms with Crippen molar-refractivity contribution < 1.29 is 8.83 Å². The van der Waals surface area contributed by atoms with Crippen LogP contribution in [0.15, 0.2) is 173 Å². The normalized spacial score (nSPS) is 11.8. The third-order valence-electron chi connectivity index (χ3n) is 9.43. The first-order valence-corrected chi connectivity index (χ1v) is 15.9. The van der Waals surface area contributed by atoms with Crippen LogP contribution in [0.2, 0.25) is 0 Å². The zero-order valence-electron chi connectivity index (χ0n) is 25.4. The zero-order chi connectivity index (χ0) is 30.9. The first kappa shape index (κ1) is 26.0. The maximum Gasteiger partial charge on any atom is 0.143 e. The van der Waals surface area contributed by atoms with Crippen LogP contribution in [-0.2, 0) is 0 Å². The van der Waals surface area contributed by atoms with E-state index >= 15 is 0 Å². The van der Waals surface area contributed by atoms with Crippen molar-refractivity contribution in [1.29, 1.82) is 0 Å². The van der Waals surface area contributed by atoms with Crippen molar-refractivity contribution in [3.63, 3.8) is 0 Å². The second-order valence-corrected chi connectivity index (χ2v) is 12.1. The molecule has 0 spiro atoms. The van der Waals surface area contributed by atoms with Crippen LogP contribution in [0.25, 0.3) is 76.5 Å². The summed E-state index contributed by atoms with van der Waals surface area (Å²) in [6, 6.07) is 57.9. The Morgan fingerprint density at radius 3 is 1.94 bits per heavy atom. The lowest BCUT2D eigenvalue weighted by atomic mass is 10.00. The number of anilines is 3. The van der Waals surface area contributed by atoms with Gasteiger partial charge in [-0.3, -0.25) is 0 Å². The summed E-state index contributed by atoms with van der Waals surface area (Å²) in [7, 11) is 0. The quantitative estimate of drug-likeness (QED) is 0.188. The fraction of sp³-hybridized carbons (Fsp3) is 0. The summed E-state index contributed by atoms with van der Waals surface area (Å²) in [5, 5.41) is 9.39. The van der Waals surface area contributed by atoms with Crippen molar-refractivity contribution >= 4 is 82.5 Å². The molecule has 0 saturated heterocycles. The van der Waals surface area contributed by atoms with E-state index in [2.05, 4.69) is 157 Å². The average Bonchev–Trinajstić information content (AvgIpc) is 3.70. The first-order valence-electron chi connectivity index (χ1n) is 15.9. The molecule has 0 fully saturated rings. The summed E-state index contributed by atoms with van der Waals surface area (Å²) >= 11 is 0. The van der Waals surface area contributed by atoms with Gasteiger partial charge in [0.15, 0.2) is 0 Å². The van der Waals surface area contributed by atoms with Gasteiger partial charge in [0.1, 0.15) is 22.3 Å². The Labute approximate surface area is 270 Å². The van der Waals surface area contributed by atoms with E-state index in [-0.39, 0.29) is 0 Å². The number of nitrogens with zero attached hydrogens (tertiary/aromatic N) is 1. The molecule has 0 bridgehead atoms. The Kier molecular flexibility index (Phi) is 5.57. The highest BCUT2D eigenvalue weighted by atomic mass is 16.3. The van der Waals surface area contributed by atoms with Crippen LogP contribution in [0.5, 0.6) is 0 Å². The second-order valence-electron chi connectivity index (χ2n) is 12.1. The van der Waals surface area contributed by atoms with Gasteiger partial charge in [-0.25, -0.2) is 0 Å². The van der Waals surface area contributed by atoms with Crippen molar-refractivity contribution in [3.8, 4) is 11.1 Å². The smallest absolute Gasteiger partial charge is 0.143 e. The lowest BCUT2D eigenvalue weighted by Crippen LogP contribution is -2.09. The summed E-state index contributed by atoms with van der Waals surface area (Å²) < 4.78 is 12.7. The van der Waals surface area contributed by atoms with Gasteiger partial charge in [0.2, 0.25) is 0 Å². The summed E-state index contributed by atoms with van der Waals surface area (Å²) in [6.07, 6.45) is 0. The molecule has 0 aliphatic rings. The van der Waals surface area contributed by atoms with E-state index in [4.69, 9.17) is 8.83 Å². The van der Waals surface area contributed by atoms with E-state index in [0.717, 1.165) is 72.1 Å². The van der Waals surface area contributed by atoms with Crippen molar-refractivity contribution in [2.24, 2.45) is 0 Å². The van der Waals surface area contributed by atoms with Crippen molar-refractivity contribution in [2.75, 3.05) is 4.90 Å². The van der Waals surface area contributed by atoms with Gasteiger partial charge in [-0.05, 0) is 87.8 Å². The molecule has 10 rings (SSSR count). The highest BCUT2D eigenvalue weighted by molar-refractivity contribution is 6.13. The van der Waals surface area contributed by atoms with E-state index in [1.165, 1.54) is 21.5 Å². The predicted octanol–water partition coefficient (Wildman–Crippen LogP) is 12.9. The molecule has 3 heteroatoms. The minimum absolute atomic E-state index is 0.865. The molecule has 0 amide bonds. The molecule has 3 nitrogen and oxygen atoms in total. The van der Waals surface area contributed by atoms with E-state index in [9.17, 15) is 0 Å². The molecule has 10 aromatic rings. The molecule has 8 aromatic carbocycles. The molecule has 0 aliphatic carbocycles. The highest BCUT2D eigenvalue weighted by Crippen LogP contribution is 2.42. The third kappa shape index (κ3) is 4.07. The van der Waals surface area contributed by atoms with Crippen LogP contribution >= 0.6 is 0 Å². The highest BCUT2D eigenvalue weighted by Gasteiger charge is 2.18. The molecule has 2 heterocycles. The van der Waals surface area contributed by atoms with Crippen LogP contribution in [0, 0.1) is 0 Å². The molecule has 0 unspecified atom stereocenters. The largest absolute Gasteiger partial charge is 0.456 e. The number of benzene rings is 8. The second kappa shape index (κ2) is 10.1. The van der Waals surface area contributed by atoms with Crippen molar-refractivity contribution in [1.82, 2.24) is 0 Å². The Hall–Kier alpha value is -6.32. The molecular formula is C44H27NO2. The van der Waals surface area contributed by atoms with Crippen molar-refractivity contribution in [3.05, 3.63) is 164 Å². The molecule has 0 saturated carbocycles. The zero-order valence-corrected chi connectivity index (χ0v) is 25.4. The minimum Gasteiger partial charge on any atom is -0.456 e. The topological polar surface area (TPSA) is 29.5 Å². The lowest BCUT2D eigenvalue weighted by molar-refractivity contribution is 0.668. The van der Waals surface area contributed by atoms with Gasteiger partial charge in [0, 0.05) is 44.2 Å². The monoisotopic (exact) mass is 601 g/mol. The molecule has 0 atom stereocenters. The number of para-hydroxylation sites is 3. The predicted molar refractivity (Wildman–Crippen MR) is 196 cm³/mol. The van der Waals surface area contributed by atoms with E-state index in [0.29, 0.717) is 0 Å². The van der Waals surface area contributed by atoms with Crippen LogP contribution in [0.1, 0.15) is 0 Å². The van der Waals surface area contributed by atoms with Gasteiger partial charge in [0.05, 0.1) is 0 Å². The van der Waals surface area contributed by atoms with Crippen molar-refractivity contribution in [2.45, 2.75) is 0 Å². The SMILES string of the molecule is c1ccc(N(c2ccc3c(ccc4ccccc43)c2)c2ccc3oc4c(-c5ccc6oc7ccccc7c6c5)cccc4c3c2)cc1. The number of rotatable bonds is 4. The Balaban J connectivity index is 1.14. The standard InChI is InChI=1S/C44H27NO2/c1-2-10-31(11-3-1)45(32-20-22-35-29(25-32)18-17-28-9-4-5-12-34(28)35)33-21-24-43-40(27-33)38-15-8-14-36(44(38)47-43)30-19-23-42-39(26-30)37-13-6-7-16-41(37)46-42/h1-27H. The van der Waals surface area contributed by atoms with Gasteiger partial charge in [0.25, 0.3) is 0 Å². The number of hydrogen-bond acceptors (Lipinski definition) is 3. The van der Waals surface area contributed by atoms with E-state index in [1.807, 2.05) is 12.1 Å². The van der Waals surface area contributed by atoms with Gasteiger partial charge in [-0.2, -0.15) is 0 Å². The molecule has 0 radical (unpaired) electrons. The van der Waals surface area contributed by atoms with Gasteiger partial charge in [-0.15, -0.1) is 0 Å². The fourth-order valence-electron chi connectivity index (χ4n) is 7.21. The maximum absolute atomic E-state index is 6.62. The van der Waals surface area contributed by atoms with Crippen LogP contribution in [0.3, 0.4) is 0 Å². The summed E-state index contributed by atoms with van der Waals surface area (Å²) in [5.41, 5.74) is 8.98. The van der Waals surface area contributed by atoms with E-state index in [1.54, 1.807) is 0 Å². The molecule has 0 aliphatic heterocycles. The number of fused-ring (bicyclic) bond motifs is 9. The molecule has 47 heavy (non-hydrogen) atoms. The molecule has 0 N–H and O–H groups in total. The third-order valence-corrected chi connectivity index (χ3v) is 9.43. The van der Waals surface area contributed by atoms with Crippen LogP contribution < -0.4 is 4.90 Å². The van der Waals surface area contributed by atoms with E-state index < -0.39 is 0 Å². The lowest BCUT2D eigenvalue weighted by Gasteiger charge is -2.26. The maximum atomic E-state index is 6.62. The summed E-state index contributed by atoms with van der Waals surface area (Å²) in [5.74, 6) is 0.